The number of carbonyl (C=O) groups excluding carboxylic acids is 1. The molecule has 0 saturated carbocycles. The maximum atomic E-state index is 13.4. The second kappa shape index (κ2) is 8.90. The topological polar surface area (TPSA) is 83.6 Å². The summed E-state index contributed by atoms with van der Waals surface area (Å²) in [5, 5.41) is 23.1. The standard InChI is InChI=1S/C21H14FN5OS2/c22-16-6-8-17(9-7-16)27-19(14-4-2-1-3-5-14)25-26-21(27)30-13-18(28)24-20-15(12-23)10-11-29-20/h1-11H,13H2,(H,24,28). The van der Waals surface area contributed by atoms with Gasteiger partial charge in [-0.1, -0.05) is 42.1 Å². The molecular weight excluding hydrogens is 421 g/mol. The Kier molecular flexibility index (Phi) is 5.88. The largest absolute Gasteiger partial charge is 0.316 e. The summed E-state index contributed by atoms with van der Waals surface area (Å²) in [6.45, 7) is 0. The van der Waals surface area contributed by atoms with Crippen LogP contribution in [0.4, 0.5) is 9.39 Å². The van der Waals surface area contributed by atoms with Gasteiger partial charge in [-0.2, -0.15) is 5.26 Å². The molecule has 0 aliphatic rings. The molecule has 0 bridgehead atoms. The summed E-state index contributed by atoms with van der Waals surface area (Å²) < 4.78 is 15.2. The molecule has 30 heavy (non-hydrogen) atoms. The van der Waals surface area contributed by atoms with Crippen molar-refractivity contribution in [1.29, 1.82) is 5.26 Å². The highest BCUT2D eigenvalue weighted by Crippen LogP contribution is 2.28. The van der Waals surface area contributed by atoms with E-state index in [0.29, 0.717) is 27.2 Å². The Morgan fingerprint density at radius 1 is 1.13 bits per heavy atom. The Balaban J connectivity index is 1.60. The minimum Gasteiger partial charge on any atom is -0.316 e. The molecule has 6 nitrogen and oxygen atoms in total. The van der Waals surface area contributed by atoms with Gasteiger partial charge in [0.25, 0.3) is 0 Å². The Hall–Kier alpha value is -3.48. The van der Waals surface area contributed by atoms with E-state index in [9.17, 15) is 9.18 Å². The molecule has 2 aromatic carbocycles. The molecule has 0 atom stereocenters. The van der Waals surface area contributed by atoms with Gasteiger partial charge in [0.15, 0.2) is 11.0 Å². The number of rotatable bonds is 6. The number of aromatic nitrogens is 3. The van der Waals surface area contributed by atoms with Crippen molar-refractivity contribution < 1.29 is 9.18 Å². The van der Waals surface area contributed by atoms with Crippen LogP contribution >= 0.6 is 23.1 Å². The maximum Gasteiger partial charge on any atom is 0.235 e. The van der Waals surface area contributed by atoms with E-state index >= 15 is 0 Å². The first kappa shape index (κ1) is 19.8. The molecular formula is C21H14FN5OS2. The number of nitrogens with one attached hydrogen (secondary N) is 1. The van der Waals surface area contributed by atoms with Crippen molar-refractivity contribution in [2.24, 2.45) is 0 Å². The summed E-state index contributed by atoms with van der Waals surface area (Å²) in [6, 6.07) is 19.2. The van der Waals surface area contributed by atoms with Gasteiger partial charge in [0.1, 0.15) is 16.9 Å². The number of halogens is 1. The summed E-state index contributed by atoms with van der Waals surface area (Å²) in [5.74, 6) is 0.0755. The first-order valence-electron chi connectivity index (χ1n) is 8.82. The van der Waals surface area contributed by atoms with Crippen molar-refractivity contribution in [3.05, 3.63) is 77.4 Å². The van der Waals surface area contributed by atoms with Crippen LogP contribution in [-0.4, -0.2) is 26.4 Å². The van der Waals surface area contributed by atoms with Crippen LogP contribution in [0.25, 0.3) is 17.1 Å². The Morgan fingerprint density at radius 2 is 1.90 bits per heavy atom. The van der Waals surface area contributed by atoms with Crippen LogP contribution in [0, 0.1) is 17.1 Å². The third-order valence-electron chi connectivity index (χ3n) is 4.12. The monoisotopic (exact) mass is 435 g/mol. The highest BCUT2D eigenvalue weighted by molar-refractivity contribution is 7.99. The fourth-order valence-corrected chi connectivity index (χ4v) is 4.25. The molecule has 1 N–H and O–H groups in total. The lowest BCUT2D eigenvalue weighted by Crippen LogP contribution is -2.14. The number of carbonyl (C=O) groups is 1. The lowest BCUT2D eigenvalue weighted by atomic mass is 10.2. The van der Waals surface area contributed by atoms with E-state index in [-0.39, 0.29) is 17.5 Å². The summed E-state index contributed by atoms with van der Waals surface area (Å²) >= 11 is 2.50. The molecule has 4 aromatic rings. The normalized spacial score (nSPS) is 10.5. The van der Waals surface area contributed by atoms with Crippen LogP contribution in [0.2, 0.25) is 0 Å². The van der Waals surface area contributed by atoms with Gasteiger partial charge in [0, 0.05) is 11.3 Å². The lowest BCUT2D eigenvalue weighted by molar-refractivity contribution is -0.113. The van der Waals surface area contributed by atoms with Crippen molar-refractivity contribution in [3.63, 3.8) is 0 Å². The molecule has 2 aromatic heterocycles. The highest BCUT2D eigenvalue weighted by Gasteiger charge is 2.18. The third-order valence-corrected chi connectivity index (χ3v) is 5.88. The second-order valence-electron chi connectivity index (χ2n) is 6.10. The number of amides is 1. The lowest BCUT2D eigenvalue weighted by Gasteiger charge is -2.10. The fraction of sp³-hybridized carbons (Fsp3) is 0.0476. The smallest absolute Gasteiger partial charge is 0.235 e. The summed E-state index contributed by atoms with van der Waals surface area (Å²) in [5.41, 5.74) is 1.97. The number of anilines is 1. The molecule has 0 spiro atoms. The molecule has 2 heterocycles. The predicted octanol–water partition coefficient (Wildman–Crippen LogP) is 4.74. The average molecular weight is 436 g/mol. The van der Waals surface area contributed by atoms with Crippen molar-refractivity contribution in [1.82, 2.24) is 14.8 Å². The van der Waals surface area contributed by atoms with Crippen LogP contribution in [0.5, 0.6) is 0 Å². The van der Waals surface area contributed by atoms with E-state index in [0.717, 1.165) is 5.56 Å². The zero-order valence-electron chi connectivity index (χ0n) is 15.4. The maximum absolute atomic E-state index is 13.4. The minimum absolute atomic E-state index is 0.0802. The fourth-order valence-electron chi connectivity index (χ4n) is 2.75. The highest BCUT2D eigenvalue weighted by atomic mass is 32.2. The molecule has 4 rings (SSSR count). The van der Waals surface area contributed by atoms with Crippen molar-refractivity contribution >= 4 is 34.0 Å². The van der Waals surface area contributed by atoms with Gasteiger partial charge in [-0.05, 0) is 35.7 Å². The van der Waals surface area contributed by atoms with Crippen LogP contribution < -0.4 is 5.32 Å². The first-order valence-corrected chi connectivity index (χ1v) is 10.7. The number of hydrogen-bond acceptors (Lipinski definition) is 6. The summed E-state index contributed by atoms with van der Waals surface area (Å²) in [4.78, 5) is 12.4. The van der Waals surface area contributed by atoms with E-state index in [1.165, 1.54) is 35.2 Å². The van der Waals surface area contributed by atoms with Crippen LogP contribution in [0.1, 0.15) is 5.56 Å². The molecule has 1 amide bonds. The summed E-state index contributed by atoms with van der Waals surface area (Å²) in [6.07, 6.45) is 0. The zero-order chi connectivity index (χ0) is 20.9. The average Bonchev–Trinajstić information content (AvgIpc) is 3.40. The number of nitrogens with zero attached hydrogens (tertiary/aromatic N) is 4. The number of thioether (sulfide) groups is 1. The molecule has 0 aliphatic heterocycles. The van der Waals surface area contributed by atoms with E-state index in [1.54, 1.807) is 28.1 Å². The molecule has 0 radical (unpaired) electrons. The molecule has 0 fully saturated rings. The van der Waals surface area contributed by atoms with E-state index in [4.69, 9.17) is 5.26 Å². The van der Waals surface area contributed by atoms with Gasteiger partial charge < -0.3 is 5.32 Å². The van der Waals surface area contributed by atoms with Crippen molar-refractivity contribution in [3.8, 4) is 23.1 Å². The second-order valence-corrected chi connectivity index (χ2v) is 7.95. The number of benzene rings is 2. The van der Waals surface area contributed by atoms with E-state index < -0.39 is 0 Å². The molecule has 0 saturated heterocycles. The van der Waals surface area contributed by atoms with Gasteiger partial charge in [0.05, 0.1) is 11.3 Å². The third kappa shape index (κ3) is 4.25. The van der Waals surface area contributed by atoms with Crippen LogP contribution in [-0.2, 0) is 4.79 Å². The van der Waals surface area contributed by atoms with Gasteiger partial charge in [-0.15, -0.1) is 21.5 Å². The molecule has 148 valence electrons. The van der Waals surface area contributed by atoms with Crippen molar-refractivity contribution in [2.75, 3.05) is 11.1 Å². The molecule has 9 heteroatoms. The van der Waals surface area contributed by atoms with Gasteiger partial charge >= 0.3 is 0 Å². The van der Waals surface area contributed by atoms with E-state index in [2.05, 4.69) is 15.5 Å². The van der Waals surface area contributed by atoms with Gasteiger partial charge in [-0.3, -0.25) is 9.36 Å². The van der Waals surface area contributed by atoms with Crippen LogP contribution in [0.3, 0.4) is 0 Å². The van der Waals surface area contributed by atoms with E-state index in [1.807, 2.05) is 36.4 Å². The predicted molar refractivity (Wildman–Crippen MR) is 115 cm³/mol. The SMILES string of the molecule is N#Cc1ccsc1NC(=O)CSc1nnc(-c2ccccc2)n1-c1ccc(F)cc1. The minimum atomic E-state index is -0.342. The molecule has 0 unspecified atom stereocenters. The van der Waals surface area contributed by atoms with Crippen LogP contribution in [0.15, 0.2) is 71.2 Å². The molecule has 0 aliphatic carbocycles. The Bertz CT molecular complexity index is 1210. The zero-order valence-corrected chi connectivity index (χ0v) is 17.1. The quantitative estimate of drug-likeness (QED) is 0.443. The number of thiophene rings is 1. The van der Waals surface area contributed by atoms with Crippen molar-refractivity contribution in [2.45, 2.75) is 5.16 Å². The number of nitriles is 1. The summed E-state index contributed by atoms with van der Waals surface area (Å²) in [7, 11) is 0. The first-order chi connectivity index (χ1) is 14.7. The Morgan fingerprint density at radius 3 is 2.63 bits per heavy atom. The van der Waals surface area contributed by atoms with Gasteiger partial charge in [-0.25, -0.2) is 4.39 Å². The Labute approximate surface area is 180 Å². The van der Waals surface area contributed by atoms with Gasteiger partial charge in [0.2, 0.25) is 5.91 Å². The number of hydrogen-bond donors (Lipinski definition) is 1.